The molecule has 5 rings (SSSR count). The van der Waals surface area contributed by atoms with Gasteiger partial charge in [0, 0.05) is 24.5 Å². The van der Waals surface area contributed by atoms with E-state index in [1.165, 1.54) is 24.3 Å². The summed E-state index contributed by atoms with van der Waals surface area (Å²) in [5.41, 5.74) is 0.699. The molecule has 18 heteroatoms. The number of aliphatic hydroxyl groups excluding tert-OH is 3. The lowest BCUT2D eigenvalue weighted by Crippen LogP contribution is -3.11. The van der Waals surface area contributed by atoms with Gasteiger partial charge in [0.2, 0.25) is 6.29 Å². The van der Waals surface area contributed by atoms with Crippen molar-refractivity contribution in [1.29, 1.82) is 0 Å². The third kappa shape index (κ3) is 6.46. The number of phenols is 1. The number of nitrogens with one attached hydrogen (secondary N) is 2. The largest absolute Gasteiger partial charge is 0.544 e. The van der Waals surface area contributed by atoms with Gasteiger partial charge in [-0.1, -0.05) is 0 Å². The highest BCUT2D eigenvalue weighted by atomic mass is 16.7. The van der Waals surface area contributed by atoms with E-state index in [9.17, 15) is 59.7 Å². The number of ether oxygens (including phenoxy) is 4. The molecule has 46 heavy (non-hydrogen) atoms. The van der Waals surface area contributed by atoms with Crippen LogP contribution in [0, 0.1) is 5.92 Å². The number of fused-ring (bicyclic) bond motifs is 1. The van der Waals surface area contributed by atoms with Crippen molar-refractivity contribution in [3.05, 3.63) is 41.1 Å². The fourth-order valence-electron chi connectivity index (χ4n) is 5.54. The highest BCUT2D eigenvalue weighted by Gasteiger charge is 2.47. The van der Waals surface area contributed by atoms with Crippen molar-refractivity contribution >= 4 is 35.5 Å². The lowest BCUT2D eigenvalue weighted by Gasteiger charge is -2.40. The number of aromatic hydroxyl groups is 1. The molecule has 0 spiro atoms. The Kier molecular flexibility index (Phi) is 9.17. The first-order valence-electron chi connectivity index (χ1n) is 14.0. The van der Waals surface area contributed by atoms with E-state index in [0.29, 0.717) is 21.7 Å². The number of allylic oxidation sites excluding steroid dienone is 1. The zero-order chi connectivity index (χ0) is 33.4. The number of esters is 2. The number of cyclic esters (lactones) is 1. The summed E-state index contributed by atoms with van der Waals surface area (Å²) in [4.78, 5) is 58.6. The second-order valence-corrected chi connectivity index (χ2v) is 11.1. The molecule has 4 aliphatic rings. The van der Waals surface area contributed by atoms with Gasteiger partial charge in [-0.3, -0.25) is 14.5 Å². The number of carbonyl (C=O) groups is 5. The molecule has 2 saturated heterocycles. The zero-order valence-corrected chi connectivity index (χ0v) is 23.7. The summed E-state index contributed by atoms with van der Waals surface area (Å²) in [6.07, 6.45) is -5.95. The van der Waals surface area contributed by atoms with E-state index < -0.39 is 90.9 Å². The monoisotopic (exact) mass is 650 g/mol. The van der Waals surface area contributed by atoms with Crippen LogP contribution in [-0.4, -0.2) is 123 Å². The number of carboxylic acids is 3. The van der Waals surface area contributed by atoms with E-state index in [-0.39, 0.29) is 37.4 Å². The Bertz CT molecular complexity index is 1510. The van der Waals surface area contributed by atoms with Crippen LogP contribution in [0.2, 0.25) is 0 Å². The Morgan fingerprint density at radius 2 is 1.83 bits per heavy atom. The average Bonchev–Trinajstić information content (AvgIpc) is 3.35. The molecule has 0 aliphatic carbocycles. The molecule has 9 atom stereocenters. The minimum atomic E-state index is -1.84. The van der Waals surface area contributed by atoms with Gasteiger partial charge in [0.1, 0.15) is 73.6 Å². The SMILES string of the molecule is O=C(O)C1=CC(=CC[NH+]2c3cc(O)c(O[C@@H]4O[C@H](COC(=O)[C@@H]5COC5=O)[C@@H](O)[C@H](O)[C@H]4O)cc3C[C@H]2C(=O)[O-])C[C@@H](C(=O)O)N1. The highest BCUT2D eigenvalue weighted by molar-refractivity contribution is 5.98. The molecule has 2 fully saturated rings. The first-order valence-corrected chi connectivity index (χ1v) is 14.0. The number of carbonyl (C=O) groups excluding carboxylic acids is 3. The van der Waals surface area contributed by atoms with Crippen molar-refractivity contribution in [2.24, 2.45) is 5.92 Å². The normalized spacial score (nSPS) is 32.7. The number of benzene rings is 1. The van der Waals surface area contributed by atoms with Crippen LogP contribution in [0.1, 0.15) is 12.0 Å². The second kappa shape index (κ2) is 12.9. The molecular weight excluding hydrogens is 620 g/mol. The highest BCUT2D eigenvalue weighted by Crippen LogP contribution is 2.36. The third-order valence-electron chi connectivity index (χ3n) is 8.13. The van der Waals surface area contributed by atoms with Crippen molar-refractivity contribution in [1.82, 2.24) is 5.32 Å². The third-order valence-corrected chi connectivity index (χ3v) is 8.13. The number of aliphatic hydroxyl groups is 3. The van der Waals surface area contributed by atoms with Gasteiger partial charge in [-0.2, -0.15) is 0 Å². The summed E-state index contributed by atoms with van der Waals surface area (Å²) in [6, 6.07) is 0.120. The van der Waals surface area contributed by atoms with E-state index in [0.717, 1.165) is 0 Å². The summed E-state index contributed by atoms with van der Waals surface area (Å²) in [6.45, 7) is -0.849. The molecule has 1 aromatic carbocycles. The average molecular weight is 651 g/mol. The van der Waals surface area contributed by atoms with Crippen LogP contribution in [0.4, 0.5) is 5.69 Å². The molecule has 4 aliphatic heterocycles. The number of hydrogen-bond donors (Lipinski definition) is 8. The predicted octanol–water partition coefficient (Wildman–Crippen LogP) is -5.17. The molecule has 248 valence electrons. The fraction of sp³-hybridized carbons (Fsp3) is 0.464. The molecule has 8 N–H and O–H groups in total. The van der Waals surface area contributed by atoms with E-state index >= 15 is 0 Å². The lowest BCUT2D eigenvalue weighted by molar-refractivity contribution is -0.840. The van der Waals surface area contributed by atoms with Crippen molar-refractivity contribution < 1.29 is 83.6 Å². The van der Waals surface area contributed by atoms with Crippen LogP contribution in [0.25, 0.3) is 0 Å². The molecule has 0 aromatic heterocycles. The number of aliphatic carboxylic acids is 3. The maximum absolute atomic E-state index is 12.0. The van der Waals surface area contributed by atoms with Gasteiger partial charge in [-0.05, 0) is 23.8 Å². The second-order valence-electron chi connectivity index (χ2n) is 11.1. The van der Waals surface area contributed by atoms with E-state index in [1.54, 1.807) is 0 Å². The first-order chi connectivity index (χ1) is 21.7. The number of carboxylic acid groups (broad SMARTS) is 3. The minimum absolute atomic E-state index is 0.0517. The van der Waals surface area contributed by atoms with Crippen LogP contribution in [0.15, 0.2) is 35.6 Å². The van der Waals surface area contributed by atoms with Crippen LogP contribution >= 0.6 is 0 Å². The standard InChI is InChI=1S/C28H30N2O16/c31-17-7-15-11(5-16(25(39)40)30(15)2-1-10-3-13(23(35)36)29-14(4-10)24(37)38)6-18(17)45-28-22(34)21(33)20(32)19(46-28)9-44-27(42)12-8-43-26(12)41/h1,3,6-7,12,14,16,19-22,28-29,31-34H,2,4-5,8-9H2,(H,35,36)(H,37,38)(H,39,40)/t12-,14+,16+,19-,20-,21+,22-,28-/m1/s1. The Morgan fingerprint density at radius 1 is 1.09 bits per heavy atom. The molecule has 1 aromatic rings. The first kappa shape index (κ1) is 32.6. The van der Waals surface area contributed by atoms with E-state index in [2.05, 4.69) is 10.1 Å². The van der Waals surface area contributed by atoms with E-state index in [1.807, 2.05) is 0 Å². The van der Waals surface area contributed by atoms with Crippen LogP contribution < -0.4 is 20.1 Å². The Morgan fingerprint density at radius 3 is 2.43 bits per heavy atom. The minimum Gasteiger partial charge on any atom is -0.544 e. The molecule has 4 heterocycles. The lowest BCUT2D eigenvalue weighted by atomic mass is 9.99. The quantitative estimate of drug-likeness (QED) is 0.0867. The molecule has 0 radical (unpaired) electrons. The van der Waals surface area contributed by atoms with Gasteiger partial charge < -0.3 is 64.8 Å². The summed E-state index contributed by atoms with van der Waals surface area (Å²) >= 11 is 0. The van der Waals surface area contributed by atoms with Crippen LogP contribution in [0.3, 0.4) is 0 Å². The van der Waals surface area contributed by atoms with Gasteiger partial charge in [-0.25, -0.2) is 9.59 Å². The summed E-state index contributed by atoms with van der Waals surface area (Å²) in [7, 11) is 0. The smallest absolute Gasteiger partial charge is 0.351 e. The van der Waals surface area contributed by atoms with Gasteiger partial charge in [0.15, 0.2) is 17.4 Å². The Labute approximate surface area is 258 Å². The maximum Gasteiger partial charge on any atom is 0.351 e. The molecule has 0 bridgehead atoms. The number of hydrogen-bond acceptors (Lipinski definition) is 15. The Hall–Kier alpha value is -4.75. The fourth-order valence-corrected chi connectivity index (χ4v) is 5.54. The maximum atomic E-state index is 12.0. The van der Waals surface area contributed by atoms with Crippen molar-refractivity contribution in [3.63, 3.8) is 0 Å². The van der Waals surface area contributed by atoms with Gasteiger partial charge >= 0.3 is 23.9 Å². The molecule has 18 nitrogen and oxygen atoms in total. The van der Waals surface area contributed by atoms with Crippen molar-refractivity contribution in [2.75, 3.05) is 19.8 Å². The summed E-state index contributed by atoms with van der Waals surface area (Å²) < 4.78 is 20.6. The number of quaternary nitrogens is 1. The number of rotatable bonds is 10. The zero-order valence-electron chi connectivity index (χ0n) is 23.7. The van der Waals surface area contributed by atoms with Gasteiger partial charge in [0.25, 0.3) is 0 Å². The summed E-state index contributed by atoms with van der Waals surface area (Å²) in [5.74, 6) is -7.73. The van der Waals surface area contributed by atoms with Crippen molar-refractivity contribution in [3.8, 4) is 11.5 Å². The molecule has 1 unspecified atom stereocenters. The predicted molar refractivity (Wildman–Crippen MR) is 142 cm³/mol. The Balaban J connectivity index is 1.32. The van der Waals surface area contributed by atoms with E-state index in [4.69, 9.17) is 14.2 Å². The van der Waals surface area contributed by atoms with Crippen LogP contribution in [0.5, 0.6) is 11.5 Å². The molecule has 0 amide bonds. The molecular formula is C28H30N2O16. The topological polar surface area (TPSA) is 283 Å². The molecule has 0 saturated carbocycles. The van der Waals surface area contributed by atoms with Crippen molar-refractivity contribution in [2.45, 2.75) is 55.6 Å². The van der Waals surface area contributed by atoms with Crippen LogP contribution in [-0.2, 0) is 44.6 Å². The van der Waals surface area contributed by atoms with Gasteiger partial charge in [0.05, 0.1) is 0 Å². The summed E-state index contributed by atoms with van der Waals surface area (Å²) in [5, 5.41) is 75.1. The van der Waals surface area contributed by atoms with Gasteiger partial charge in [-0.15, -0.1) is 0 Å². The number of phenolic OH excluding ortho intramolecular Hbond substituents is 1.